The van der Waals surface area contributed by atoms with Gasteiger partial charge in [-0.1, -0.05) is 6.42 Å². The van der Waals surface area contributed by atoms with E-state index in [0.29, 0.717) is 25.8 Å². The van der Waals surface area contributed by atoms with Crippen LogP contribution in [0.4, 0.5) is 0 Å². The molecule has 0 aliphatic heterocycles. The lowest BCUT2D eigenvalue weighted by molar-refractivity contribution is -0.144. The number of hydrogen-bond acceptors (Lipinski definition) is 10. The lowest BCUT2D eigenvalue weighted by Crippen LogP contribution is -2.45. The summed E-state index contributed by atoms with van der Waals surface area (Å²) >= 11 is 0. The van der Waals surface area contributed by atoms with Crippen molar-refractivity contribution in [3.8, 4) is 0 Å². The highest BCUT2D eigenvalue weighted by Gasteiger charge is 2.27. The van der Waals surface area contributed by atoms with Crippen LogP contribution in [0.15, 0.2) is 0 Å². The summed E-state index contributed by atoms with van der Waals surface area (Å²) in [5.41, 5.74) is 0. The lowest BCUT2D eigenvalue weighted by atomic mass is 10.1. The average Bonchev–Trinajstić information content (AvgIpc) is 2.98. The number of carbonyl (C=O) groups is 10. The summed E-state index contributed by atoms with van der Waals surface area (Å²) in [4.78, 5) is 117. The number of hydrogen-bond donors (Lipinski definition) is 9. The van der Waals surface area contributed by atoms with Gasteiger partial charge in [-0.25, -0.2) is 19.2 Å². The van der Waals surface area contributed by atoms with Gasteiger partial charge in [-0.15, -0.1) is 0 Å². The first-order valence-corrected chi connectivity index (χ1v) is 15.2. The zero-order valence-corrected chi connectivity index (χ0v) is 26.9. The Morgan fingerprint density at radius 2 is 0.771 bits per heavy atom. The number of nitrogens with one attached hydrogen (secondary N) is 5. The Morgan fingerprint density at radius 1 is 0.438 bits per heavy atom. The standard InChI is InChI=1S/C29H45N5O14/c1-16(35)6-4-3-5-15-30-22(37)11-7-19(27(43)44)32-24(39)13-9-21(29(47)48)34-25(40)14-10-20(28(45)46)33-23(38)12-8-18(26(41)42)31-17(2)36/h18-21H,3-15H2,1-2H3,(H,30,37)(H,31,36)(H,32,39)(H,33,38)(H,34,40)(H,41,42)(H,43,44)(H,45,46)(H,47,48). The Labute approximate surface area is 275 Å². The summed E-state index contributed by atoms with van der Waals surface area (Å²) in [5.74, 6) is -9.53. The van der Waals surface area contributed by atoms with Gasteiger partial charge in [0, 0.05) is 45.6 Å². The smallest absolute Gasteiger partial charge is 0.326 e. The average molecular weight is 688 g/mol. The first-order valence-electron chi connectivity index (χ1n) is 15.2. The number of rotatable bonds is 26. The van der Waals surface area contributed by atoms with Gasteiger partial charge in [0.2, 0.25) is 29.5 Å². The fourth-order valence-corrected chi connectivity index (χ4v) is 4.17. The van der Waals surface area contributed by atoms with Crippen LogP contribution in [0.2, 0.25) is 0 Å². The fraction of sp³-hybridized carbons (Fsp3) is 0.655. The molecule has 19 nitrogen and oxygen atoms in total. The van der Waals surface area contributed by atoms with E-state index in [-0.39, 0.29) is 25.0 Å². The van der Waals surface area contributed by atoms with Crippen LogP contribution in [-0.4, -0.2) is 110 Å². The Bertz CT molecular complexity index is 1190. The molecule has 9 N–H and O–H groups in total. The molecule has 0 aliphatic rings. The molecule has 0 rings (SSSR count). The first kappa shape index (κ1) is 42.9. The van der Waals surface area contributed by atoms with Crippen molar-refractivity contribution in [3.63, 3.8) is 0 Å². The van der Waals surface area contributed by atoms with Crippen LogP contribution in [0.5, 0.6) is 0 Å². The van der Waals surface area contributed by atoms with E-state index in [1.54, 1.807) is 0 Å². The number of carboxylic acid groups (broad SMARTS) is 4. The molecule has 48 heavy (non-hydrogen) atoms. The molecule has 4 atom stereocenters. The third-order valence-corrected chi connectivity index (χ3v) is 6.74. The van der Waals surface area contributed by atoms with E-state index in [1.807, 2.05) is 0 Å². The van der Waals surface area contributed by atoms with Crippen LogP contribution in [0.3, 0.4) is 0 Å². The minimum Gasteiger partial charge on any atom is -0.480 e. The van der Waals surface area contributed by atoms with Gasteiger partial charge in [0.15, 0.2) is 0 Å². The molecule has 0 heterocycles. The molecular weight excluding hydrogens is 642 g/mol. The fourth-order valence-electron chi connectivity index (χ4n) is 4.17. The van der Waals surface area contributed by atoms with Crippen molar-refractivity contribution in [2.45, 2.75) is 115 Å². The van der Waals surface area contributed by atoms with Crippen LogP contribution in [-0.2, 0) is 47.9 Å². The van der Waals surface area contributed by atoms with Crippen molar-refractivity contribution >= 4 is 59.2 Å². The van der Waals surface area contributed by atoms with Crippen molar-refractivity contribution in [1.29, 1.82) is 0 Å². The number of carboxylic acids is 4. The van der Waals surface area contributed by atoms with Crippen LogP contribution >= 0.6 is 0 Å². The van der Waals surface area contributed by atoms with Gasteiger partial charge in [-0.3, -0.25) is 24.0 Å². The van der Waals surface area contributed by atoms with Crippen molar-refractivity contribution in [2.24, 2.45) is 0 Å². The normalized spacial score (nSPS) is 13.0. The highest BCUT2D eigenvalue weighted by Crippen LogP contribution is 2.06. The second-order valence-corrected chi connectivity index (χ2v) is 11.0. The maximum absolute atomic E-state index is 12.4. The molecule has 5 amide bonds. The zero-order valence-electron chi connectivity index (χ0n) is 26.9. The van der Waals surface area contributed by atoms with Crippen molar-refractivity contribution in [1.82, 2.24) is 26.6 Å². The van der Waals surface area contributed by atoms with Crippen LogP contribution < -0.4 is 26.6 Å². The second-order valence-electron chi connectivity index (χ2n) is 11.0. The highest BCUT2D eigenvalue weighted by molar-refractivity contribution is 5.88. The van der Waals surface area contributed by atoms with Gasteiger partial charge in [0.05, 0.1) is 0 Å². The Kier molecular flexibility index (Phi) is 20.8. The number of Topliss-reactive ketones (excluding diaryl/α,β-unsaturated/α-hetero) is 1. The summed E-state index contributed by atoms with van der Waals surface area (Å²) in [6.45, 7) is 2.91. The summed E-state index contributed by atoms with van der Waals surface area (Å²) < 4.78 is 0. The number of carbonyl (C=O) groups excluding carboxylic acids is 6. The van der Waals surface area contributed by atoms with Gasteiger partial charge >= 0.3 is 23.9 Å². The maximum atomic E-state index is 12.4. The lowest BCUT2D eigenvalue weighted by Gasteiger charge is -2.18. The van der Waals surface area contributed by atoms with E-state index in [1.165, 1.54) is 6.92 Å². The topological polar surface area (TPSA) is 312 Å². The summed E-state index contributed by atoms with van der Waals surface area (Å²) in [6.07, 6.45) is -0.750. The van der Waals surface area contributed by atoms with Crippen molar-refractivity contribution in [3.05, 3.63) is 0 Å². The van der Waals surface area contributed by atoms with Gasteiger partial charge in [-0.2, -0.15) is 0 Å². The number of ketones is 1. The number of unbranched alkanes of at least 4 members (excludes halogenated alkanes) is 2. The van der Waals surface area contributed by atoms with E-state index in [4.69, 9.17) is 5.11 Å². The van der Waals surface area contributed by atoms with Crippen LogP contribution in [0, 0.1) is 0 Å². The van der Waals surface area contributed by atoms with Gasteiger partial charge in [-0.05, 0) is 45.4 Å². The molecule has 0 fully saturated rings. The van der Waals surface area contributed by atoms with Crippen molar-refractivity contribution in [2.75, 3.05) is 6.54 Å². The molecule has 0 radical (unpaired) electrons. The largest absolute Gasteiger partial charge is 0.480 e. The molecule has 270 valence electrons. The first-order chi connectivity index (χ1) is 22.4. The minimum atomic E-state index is -1.60. The van der Waals surface area contributed by atoms with E-state index in [0.717, 1.165) is 13.3 Å². The number of aliphatic carboxylic acids is 4. The molecule has 0 aliphatic carbocycles. The Morgan fingerprint density at radius 3 is 1.08 bits per heavy atom. The van der Waals surface area contributed by atoms with E-state index in [9.17, 15) is 63.3 Å². The van der Waals surface area contributed by atoms with Gasteiger partial charge < -0.3 is 51.8 Å². The third-order valence-electron chi connectivity index (χ3n) is 6.74. The molecular formula is C29H45N5O14. The SMILES string of the molecule is CC(=O)CCCCCNC(=O)CCC(NC(=O)CCC(NC(=O)CCC(NC(=O)CCC(NC(C)=O)C(=O)O)C(=O)O)C(=O)O)C(=O)O. The van der Waals surface area contributed by atoms with E-state index >= 15 is 0 Å². The van der Waals surface area contributed by atoms with E-state index < -0.39 is 110 Å². The minimum absolute atomic E-state index is 0.0739. The quantitative estimate of drug-likeness (QED) is 0.0476. The van der Waals surface area contributed by atoms with Gasteiger partial charge in [0.25, 0.3) is 0 Å². The Balaban J connectivity index is 4.78. The molecule has 0 bridgehead atoms. The van der Waals surface area contributed by atoms with Crippen LogP contribution in [0.1, 0.15) is 90.9 Å². The second kappa shape index (κ2) is 23.3. The molecule has 4 unspecified atom stereocenters. The highest BCUT2D eigenvalue weighted by atomic mass is 16.4. The Hall–Kier alpha value is -5.10. The molecule has 0 aromatic rings. The van der Waals surface area contributed by atoms with Gasteiger partial charge in [0.1, 0.15) is 30.0 Å². The van der Waals surface area contributed by atoms with Crippen molar-refractivity contribution < 1.29 is 68.4 Å². The molecule has 0 aromatic heterocycles. The predicted octanol–water partition coefficient (Wildman–Crippen LogP) is -1.33. The summed E-state index contributed by atoms with van der Waals surface area (Å²) in [5, 5.41) is 48.5. The van der Waals surface area contributed by atoms with E-state index in [2.05, 4.69) is 26.6 Å². The van der Waals surface area contributed by atoms with Crippen LogP contribution in [0.25, 0.3) is 0 Å². The monoisotopic (exact) mass is 687 g/mol. The summed E-state index contributed by atoms with van der Waals surface area (Å²) in [6, 6.07) is -6.02. The molecule has 0 spiro atoms. The zero-order chi connectivity index (χ0) is 36.8. The molecule has 0 saturated heterocycles. The number of amides is 5. The molecule has 0 saturated carbocycles. The molecule has 19 heteroatoms. The summed E-state index contributed by atoms with van der Waals surface area (Å²) in [7, 11) is 0. The third kappa shape index (κ3) is 20.8. The maximum Gasteiger partial charge on any atom is 0.326 e. The predicted molar refractivity (Wildman–Crippen MR) is 163 cm³/mol. The molecule has 0 aromatic carbocycles.